The number of hydrogen-bond donors (Lipinski definition) is 0. The highest BCUT2D eigenvalue weighted by molar-refractivity contribution is 6.02. The van der Waals surface area contributed by atoms with E-state index >= 15 is 0 Å². The maximum atomic E-state index is 13.5. The number of hydrogen-bond acceptors (Lipinski definition) is 8. The maximum absolute atomic E-state index is 13.5. The van der Waals surface area contributed by atoms with Crippen molar-refractivity contribution < 1.29 is 37.4 Å². The first-order valence-corrected chi connectivity index (χ1v) is 20.4. The molecule has 0 spiro atoms. The van der Waals surface area contributed by atoms with Gasteiger partial charge in [-0.2, -0.15) is 0 Å². The number of fused-ring (bicyclic) bond motifs is 2. The summed E-state index contributed by atoms with van der Waals surface area (Å²) in [5.74, 6) is -0.439. The molecule has 304 valence electrons. The van der Waals surface area contributed by atoms with E-state index in [0.29, 0.717) is 39.1 Å². The fourth-order valence-electron chi connectivity index (χ4n) is 9.90. The molecule has 0 N–H and O–H groups in total. The Morgan fingerprint density at radius 3 is 1.38 bits per heavy atom. The average Bonchev–Trinajstić information content (AvgIpc) is 3.95. The van der Waals surface area contributed by atoms with Crippen molar-refractivity contribution in [3.8, 4) is 0 Å². The summed E-state index contributed by atoms with van der Waals surface area (Å²) in [7, 11) is 0. The van der Waals surface area contributed by atoms with Gasteiger partial charge in [-0.15, -0.1) is 0 Å². The van der Waals surface area contributed by atoms with Crippen LogP contribution in [-0.4, -0.2) is 132 Å². The SMILES string of the molecule is CCOC(=O)N1CCC(C)(N2CCC(N3C(=O)Cc4cc(F)ccc43)CC2)C1.CCOC(=O)N1CCC(C)(N2CCC(N3C(=O)Cc4cc(F)ccc43)CC2)C1. The van der Waals surface area contributed by atoms with Gasteiger partial charge in [0, 0.05) is 86.9 Å². The molecule has 2 aromatic rings. The van der Waals surface area contributed by atoms with Gasteiger partial charge in [-0.05, 0) is 114 Å². The number of carbonyl (C=O) groups is 4. The zero-order valence-corrected chi connectivity index (χ0v) is 33.2. The van der Waals surface area contributed by atoms with E-state index in [9.17, 15) is 28.0 Å². The number of carbonyl (C=O) groups excluding carboxylic acids is 4. The highest BCUT2D eigenvalue weighted by Crippen LogP contribution is 2.38. The minimum absolute atomic E-state index is 0.0478. The molecule has 0 bridgehead atoms. The van der Waals surface area contributed by atoms with Crippen LogP contribution in [0.4, 0.5) is 29.7 Å². The van der Waals surface area contributed by atoms with Gasteiger partial charge in [0.2, 0.25) is 11.8 Å². The van der Waals surface area contributed by atoms with Gasteiger partial charge in [-0.1, -0.05) is 0 Å². The van der Waals surface area contributed by atoms with Crippen LogP contribution in [0.1, 0.15) is 77.3 Å². The molecule has 6 heterocycles. The summed E-state index contributed by atoms with van der Waals surface area (Å²) in [6.07, 6.45) is 5.53. The average molecular weight is 779 g/mol. The highest BCUT2D eigenvalue weighted by Gasteiger charge is 2.45. The van der Waals surface area contributed by atoms with E-state index in [0.717, 1.165) is 100 Å². The van der Waals surface area contributed by atoms with E-state index in [-0.39, 0.29) is 58.8 Å². The predicted molar refractivity (Wildman–Crippen MR) is 208 cm³/mol. The Morgan fingerprint density at radius 2 is 1.02 bits per heavy atom. The highest BCUT2D eigenvalue weighted by atomic mass is 19.1. The normalized spacial score (nSPS) is 26.0. The minimum atomic E-state index is -0.288. The summed E-state index contributed by atoms with van der Waals surface area (Å²) >= 11 is 0. The molecule has 2 unspecified atom stereocenters. The largest absolute Gasteiger partial charge is 0.450 e. The lowest BCUT2D eigenvalue weighted by Gasteiger charge is -2.44. The third kappa shape index (κ3) is 7.96. The second-order valence-electron chi connectivity index (χ2n) is 16.6. The first-order valence-electron chi connectivity index (χ1n) is 20.4. The van der Waals surface area contributed by atoms with Crippen LogP contribution < -0.4 is 9.80 Å². The number of amides is 4. The van der Waals surface area contributed by atoms with E-state index in [1.165, 1.54) is 24.3 Å². The van der Waals surface area contributed by atoms with Gasteiger partial charge in [0.15, 0.2) is 0 Å². The van der Waals surface area contributed by atoms with Crippen LogP contribution in [0.3, 0.4) is 0 Å². The summed E-state index contributed by atoms with van der Waals surface area (Å²) in [6.45, 7) is 15.2. The summed E-state index contributed by atoms with van der Waals surface area (Å²) in [4.78, 5) is 61.4. The summed E-state index contributed by atoms with van der Waals surface area (Å²) in [6, 6.07) is 9.60. The third-order valence-corrected chi connectivity index (χ3v) is 13.0. The molecule has 56 heavy (non-hydrogen) atoms. The van der Waals surface area contributed by atoms with Gasteiger partial charge in [0.05, 0.1) is 26.1 Å². The quantitative estimate of drug-likeness (QED) is 0.374. The van der Waals surface area contributed by atoms with Crippen LogP contribution in [0.5, 0.6) is 0 Å². The Morgan fingerprint density at radius 1 is 0.643 bits per heavy atom. The maximum Gasteiger partial charge on any atom is 0.409 e. The van der Waals surface area contributed by atoms with E-state index in [1.807, 2.05) is 23.6 Å². The Balaban J connectivity index is 0.000000172. The molecule has 14 heteroatoms. The molecule has 4 saturated heterocycles. The predicted octanol–water partition coefficient (Wildman–Crippen LogP) is 5.60. The van der Waals surface area contributed by atoms with Gasteiger partial charge in [0.25, 0.3) is 0 Å². The lowest BCUT2D eigenvalue weighted by Crippen LogP contribution is -2.55. The van der Waals surface area contributed by atoms with Crippen molar-refractivity contribution in [2.45, 2.75) is 102 Å². The molecule has 0 aromatic heterocycles. The summed E-state index contributed by atoms with van der Waals surface area (Å²) in [5.41, 5.74) is 3.22. The van der Waals surface area contributed by atoms with Crippen LogP contribution in [0.2, 0.25) is 0 Å². The number of piperidine rings is 2. The molecule has 6 aliphatic rings. The molecule has 4 amide bonds. The van der Waals surface area contributed by atoms with Crippen molar-refractivity contribution in [3.05, 3.63) is 59.2 Å². The zero-order valence-electron chi connectivity index (χ0n) is 33.2. The van der Waals surface area contributed by atoms with Gasteiger partial charge in [-0.25, -0.2) is 18.4 Å². The van der Waals surface area contributed by atoms with Gasteiger partial charge < -0.3 is 29.1 Å². The van der Waals surface area contributed by atoms with E-state index in [1.54, 1.807) is 21.9 Å². The van der Waals surface area contributed by atoms with Crippen molar-refractivity contribution in [1.29, 1.82) is 0 Å². The molecule has 6 aliphatic heterocycles. The summed E-state index contributed by atoms with van der Waals surface area (Å²) < 4.78 is 37.3. The molecular formula is C42H56F2N6O6. The third-order valence-electron chi connectivity index (χ3n) is 13.0. The topological polar surface area (TPSA) is 106 Å². The fourth-order valence-corrected chi connectivity index (χ4v) is 9.90. The van der Waals surface area contributed by atoms with Crippen molar-refractivity contribution in [1.82, 2.24) is 19.6 Å². The van der Waals surface area contributed by atoms with E-state index < -0.39 is 0 Å². The second kappa shape index (κ2) is 16.3. The molecule has 12 nitrogen and oxygen atoms in total. The lowest BCUT2D eigenvalue weighted by molar-refractivity contribution is -0.118. The standard InChI is InChI=1S/2C21H28FN3O3/c2*1-3-28-20(27)23-11-8-21(2,14-23)24-9-6-17(7-10-24)25-18-5-4-16(22)12-15(18)13-19(25)26/h2*4-5,12,17H,3,6-11,13-14H2,1-2H3. The van der Waals surface area contributed by atoms with E-state index in [2.05, 4.69) is 23.6 Å². The molecule has 4 fully saturated rings. The lowest BCUT2D eigenvalue weighted by atomic mass is 9.93. The van der Waals surface area contributed by atoms with Crippen LogP contribution in [-0.2, 0) is 31.9 Å². The minimum Gasteiger partial charge on any atom is -0.450 e. The first-order chi connectivity index (χ1) is 26.8. The molecule has 2 atom stereocenters. The number of nitrogens with zero attached hydrogens (tertiary/aromatic N) is 6. The van der Waals surface area contributed by atoms with Crippen molar-refractivity contribution >= 4 is 35.4 Å². The van der Waals surface area contributed by atoms with Crippen LogP contribution in [0, 0.1) is 11.6 Å². The van der Waals surface area contributed by atoms with E-state index in [4.69, 9.17) is 9.47 Å². The first kappa shape index (κ1) is 39.9. The van der Waals surface area contributed by atoms with Crippen molar-refractivity contribution in [2.24, 2.45) is 0 Å². The van der Waals surface area contributed by atoms with Gasteiger partial charge in [0.1, 0.15) is 11.6 Å². The molecular weight excluding hydrogens is 722 g/mol. The monoisotopic (exact) mass is 778 g/mol. The van der Waals surface area contributed by atoms with Crippen molar-refractivity contribution in [2.75, 3.05) is 75.4 Å². The van der Waals surface area contributed by atoms with Crippen LogP contribution in [0.15, 0.2) is 36.4 Å². The summed E-state index contributed by atoms with van der Waals surface area (Å²) in [5, 5.41) is 0. The van der Waals surface area contributed by atoms with Crippen molar-refractivity contribution in [3.63, 3.8) is 0 Å². The Kier molecular flexibility index (Phi) is 11.6. The van der Waals surface area contributed by atoms with Gasteiger partial charge >= 0.3 is 12.2 Å². The number of halogens is 2. The number of benzene rings is 2. The van der Waals surface area contributed by atoms with Crippen LogP contribution in [0.25, 0.3) is 0 Å². The molecule has 8 rings (SSSR count). The smallest absolute Gasteiger partial charge is 0.409 e. The molecule has 0 saturated carbocycles. The van der Waals surface area contributed by atoms with Crippen LogP contribution >= 0.6 is 0 Å². The number of rotatable bonds is 6. The molecule has 0 aliphatic carbocycles. The number of likely N-dealkylation sites (tertiary alicyclic amines) is 4. The fraction of sp³-hybridized carbons (Fsp3) is 0.619. The zero-order chi connectivity index (χ0) is 39.8. The molecule has 2 aromatic carbocycles. The number of ether oxygens (including phenoxy) is 2. The van der Waals surface area contributed by atoms with Gasteiger partial charge in [-0.3, -0.25) is 19.4 Å². The molecule has 0 radical (unpaired) electrons. The Hall–Kier alpha value is -4.30. The Bertz CT molecular complexity index is 1690. The number of anilines is 2. The Labute approximate surface area is 328 Å². The second-order valence-corrected chi connectivity index (χ2v) is 16.6.